The minimum atomic E-state index is -1.26. The van der Waals surface area contributed by atoms with Gasteiger partial charge in [-0.15, -0.1) is 0 Å². The van der Waals surface area contributed by atoms with Crippen LogP contribution >= 0.6 is 11.3 Å². The van der Waals surface area contributed by atoms with Crippen molar-refractivity contribution in [1.82, 2.24) is 4.98 Å². The third kappa shape index (κ3) is 3.72. The number of aliphatic hydroxyl groups is 1. The maximum absolute atomic E-state index is 15.0. The monoisotopic (exact) mass is 492 g/mol. The average molecular weight is 493 g/mol. The molecule has 2 aliphatic rings. The Bertz CT molecular complexity index is 1440. The lowest BCUT2D eigenvalue weighted by molar-refractivity contribution is -0.132. The van der Waals surface area contributed by atoms with Gasteiger partial charge in [-0.05, 0) is 43.7 Å². The molecule has 0 bridgehead atoms. The zero-order valence-corrected chi connectivity index (χ0v) is 20.0. The van der Waals surface area contributed by atoms with E-state index in [2.05, 4.69) is 4.98 Å². The predicted octanol–water partition coefficient (Wildman–Crippen LogP) is 4.74. The highest BCUT2D eigenvalue weighted by Crippen LogP contribution is 2.45. The van der Waals surface area contributed by atoms with Crippen LogP contribution in [0.15, 0.2) is 48.0 Å². The van der Waals surface area contributed by atoms with Crippen molar-refractivity contribution in [3.8, 4) is 5.75 Å². The summed E-state index contributed by atoms with van der Waals surface area (Å²) >= 11 is 0.950. The normalized spacial score (nSPS) is 20.7. The Kier molecular flexibility index (Phi) is 5.52. The smallest absolute Gasteiger partial charge is 0.301 e. The summed E-state index contributed by atoms with van der Waals surface area (Å²) in [5.41, 5.74) is 1.37. The largest absolute Gasteiger partial charge is 0.507 e. The van der Waals surface area contributed by atoms with E-state index in [4.69, 9.17) is 4.74 Å². The van der Waals surface area contributed by atoms with E-state index in [1.807, 2.05) is 6.92 Å². The number of Topliss-reactive ketones (excluding diaryl/α,β-unsaturated/α-hetero) is 2. The molecule has 1 saturated heterocycles. The zero-order chi connectivity index (χ0) is 25.0. The number of benzene rings is 2. The molecule has 2 atom stereocenters. The molecule has 9 heteroatoms. The first-order valence-corrected chi connectivity index (χ1v) is 11.8. The summed E-state index contributed by atoms with van der Waals surface area (Å²) in [7, 11) is 0. The second-order valence-electron chi connectivity index (χ2n) is 8.61. The average Bonchev–Trinajstić information content (AvgIpc) is 3.46. The molecule has 1 N–H and O–H groups in total. The number of anilines is 1. The van der Waals surface area contributed by atoms with Gasteiger partial charge in [0.05, 0.1) is 16.1 Å². The minimum Gasteiger partial charge on any atom is -0.507 e. The Morgan fingerprint density at radius 3 is 2.66 bits per heavy atom. The van der Waals surface area contributed by atoms with Gasteiger partial charge < -0.3 is 9.84 Å². The molecule has 0 radical (unpaired) electrons. The number of thiazole rings is 1. The second kappa shape index (κ2) is 8.42. The van der Waals surface area contributed by atoms with Crippen molar-refractivity contribution in [2.75, 3.05) is 4.90 Å². The summed E-state index contributed by atoms with van der Waals surface area (Å²) in [4.78, 5) is 44.2. The van der Waals surface area contributed by atoms with Crippen LogP contribution in [-0.4, -0.2) is 33.7 Å². The molecular formula is C26H21FN2O5S. The highest BCUT2D eigenvalue weighted by atomic mass is 32.1. The Labute approximate surface area is 204 Å². The molecule has 3 aromatic rings. The van der Waals surface area contributed by atoms with Gasteiger partial charge in [0, 0.05) is 24.5 Å². The molecule has 0 aliphatic carbocycles. The molecule has 7 nitrogen and oxygen atoms in total. The third-order valence-corrected chi connectivity index (χ3v) is 7.38. The number of aliphatic hydroxyl groups excluding tert-OH is 1. The molecule has 2 aromatic carbocycles. The number of hydrogen-bond donors (Lipinski definition) is 1. The van der Waals surface area contributed by atoms with Crippen LogP contribution in [-0.2, 0) is 16.0 Å². The molecule has 3 heterocycles. The van der Waals surface area contributed by atoms with E-state index in [-0.39, 0.29) is 28.2 Å². The number of amides is 1. The number of nitrogens with zero attached hydrogens (tertiary/aromatic N) is 2. The molecular weight excluding hydrogens is 471 g/mol. The van der Waals surface area contributed by atoms with E-state index < -0.39 is 29.3 Å². The van der Waals surface area contributed by atoms with E-state index in [0.717, 1.165) is 21.8 Å². The number of carbonyl (C=O) groups is 3. The number of fused-ring (bicyclic) bond motifs is 1. The van der Waals surface area contributed by atoms with E-state index in [0.29, 0.717) is 28.3 Å². The predicted molar refractivity (Wildman–Crippen MR) is 128 cm³/mol. The number of halogens is 1. The Balaban J connectivity index is 1.71. The Morgan fingerprint density at radius 2 is 1.97 bits per heavy atom. The molecule has 2 aliphatic heterocycles. The van der Waals surface area contributed by atoms with Crippen molar-refractivity contribution in [3.05, 3.63) is 81.1 Å². The third-order valence-electron chi connectivity index (χ3n) is 6.12. The van der Waals surface area contributed by atoms with Crippen molar-refractivity contribution >= 4 is 39.7 Å². The SMILES string of the molecule is CC(=O)c1sc(N2C(=O)C(=O)/C(=C(/O)c3ccc4c(c3)C[C@@H](C)O4)[C@H]2c2ccccc2F)nc1C. The van der Waals surface area contributed by atoms with Gasteiger partial charge in [0.1, 0.15) is 29.5 Å². The lowest BCUT2D eigenvalue weighted by Gasteiger charge is -2.23. The van der Waals surface area contributed by atoms with Crippen LogP contribution in [0.1, 0.15) is 51.9 Å². The van der Waals surface area contributed by atoms with Crippen molar-refractivity contribution < 1.29 is 28.6 Å². The van der Waals surface area contributed by atoms with Crippen LogP contribution in [0.2, 0.25) is 0 Å². The number of aromatic nitrogens is 1. The van der Waals surface area contributed by atoms with Crippen LogP contribution in [0.4, 0.5) is 9.52 Å². The zero-order valence-electron chi connectivity index (χ0n) is 19.2. The summed E-state index contributed by atoms with van der Waals surface area (Å²) in [5.74, 6) is -2.53. The molecule has 0 spiro atoms. The van der Waals surface area contributed by atoms with Gasteiger partial charge >= 0.3 is 5.91 Å². The van der Waals surface area contributed by atoms with E-state index >= 15 is 4.39 Å². The maximum atomic E-state index is 15.0. The summed E-state index contributed by atoms with van der Waals surface area (Å²) in [5, 5.41) is 11.4. The molecule has 35 heavy (non-hydrogen) atoms. The lowest BCUT2D eigenvalue weighted by Crippen LogP contribution is -2.29. The Morgan fingerprint density at radius 1 is 1.23 bits per heavy atom. The van der Waals surface area contributed by atoms with Gasteiger partial charge in [-0.2, -0.15) is 0 Å². The highest BCUT2D eigenvalue weighted by molar-refractivity contribution is 7.18. The first-order chi connectivity index (χ1) is 16.7. The fourth-order valence-electron chi connectivity index (χ4n) is 4.56. The molecule has 5 rings (SSSR count). The van der Waals surface area contributed by atoms with Crippen molar-refractivity contribution in [1.29, 1.82) is 0 Å². The van der Waals surface area contributed by atoms with Crippen LogP contribution < -0.4 is 9.64 Å². The number of ketones is 2. The molecule has 1 fully saturated rings. The van der Waals surface area contributed by atoms with Gasteiger partial charge in [0.2, 0.25) is 0 Å². The first kappa shape index (κ1) is 22.9. The molecule has 0 unspecified atom stereocenters. The van der Waals surface area contributed by atoms with Crippen LogP contribution in [0.5, 0.6) is 5.75 Å². The number of aryl methyl sites for hydroxylation is 1. The van der Waals surface area contributed by atoms with Gasteiger partial charge in [-0.3, -0.25) is 19.3 Å². The van der Waals surface area contributed by atoms with E-state index in [1.54, 1.807) is 31.2 Å². The quantitative estimate of drug-likeness (QED) is 0.245. The van der Waals surface area contributed by atoms with Gasteiger partial charge in [-0.1, -0.05) is 29.5 Å². The van der Waals surface area contributed by atoms with Crippen molar-refractivity contribution in [3.63, 3.8) is 0 Å². The molecule has 1 aromatic heterocycles. The number of carbonyl (C=O) groups excluding carboxylic acids is 3. The Hall–Kier alpha value is -3.85. The minimum absolute atomic E-state index is 0.0185. The number of hydrogen-bond acceptors (Lipinski definition) is 7. The van der Waals surface area contributed by atoms with E-state index in [1.165, 1.54) is 25.1 Å². The fraction of sp³-hybridized carbons (Fsp3) is 0.231. The van der Waals surface area contributed by atoms with Gasteiger partial charge in [0.15, 0.2) is 10.9 Å². The maximum Gasteiger partial charge on any atom is 0.301 e. The molecule has 178 valence electrons. The summed E-state index contributed by atoms with van der Waals surface area (Å²) in [6, 6.07) is 9.50. The standard InChI is InChI=1S/C26H21FN2O5S/c1-12-10-16-11-15(8-9-19(16)34-12)22(31)20-21(17-6-4-5-7-18(17)27)29(25(33)23(20)32)26-28-13(2)24(35-26)14(3)30/h4-9,11-12,21,31H,10H2,1-3H3/b22-20+/t12-,21-/m1/s1. The van der Waals surface area contributed by atoms with Crippen molar-refractivity contribution in [2.24, 2.45) is 0 Å². The molecule has 0 saturated carbocycles. The van der Waals surface area contributed by atoms with Gasteiger partial charge in [-0.25, -0.2) is 9.37 Å². The van der Waals surface area contributed by atoms with Crippen LogP contribution in [0.25, 0.3) is 5.76 Å². The highest BCUT2D eigenvalue weighted by Gasteiger charge is 2.49. The molecule has 1 amide bonds. The summed E-state index contributed by atoms with van der Waals surface area (Å²) < 4.78 is 20.7. The second-order valence-corrected chi connectivity index (χ2v) is 9.59. The number of rotatable bonds is 4. The summed E-state index contributed by atoms with van der Waals surface area (Å²) in [6.07, 6.45) is 0.614. The first-order valence-electron chi connectivity index (χ1n) is 11.0. The topological polar surface area (TPSA) is 96.8 Å². The lowest BCUT2D eigenvalue weighted by atomic mass is 9.94. The fourth-order valence-corrected chi connectivity index (χ4v) is 5.55. The van der Waals surface area contributed by atoms with Gasteiger partial charge in [0.25, 0.3) is 5.78 Å². The number of ether oxygens (including phenoxy) is 1. The van der Waals surface area contributed by atoms with Crippen molar-refractivity contribution in [2.45, 2.75) is 39.3 Å². The van der Waals surface area contributed by atoms with E-state index in [9.17, 15) is 19.5 Å². The summed E-state index contributed by atoms with van der Waals surface area (Å²) in [6.45, 7) is 4.93. The van der Waals surface area contributed by atoms with Crippen LogP contribution in [0, 0.1) is 12.7 Å². The van der Waals surface area contributed by atoms with Crippen LogP contribution in [0.3, 0.4) is 0 Å².